The number of carbonyl (C=O) groups is 1. The fourth-order valence-corrected chi connectivity index (χ4v) is 3.09. The minimum atomic E-state index is -0.269. The Balaban J connectivity index is 1.75. The fourth-order valence-electron chi connectivity index (χ4n) is 3.09. The molecule has 0 radical (unpaired) electrons. The van der Waals surface area contributed by atoms with Crippen LogP contribution in [-0.2, 0) is 11.3 Å². The van der Waals surface area contributed by atoms with Gasteiger partial charge >= 0.3 is 0 Å². The molecule has 1 aliphatic carbocycles. The summed E-state index contributed by atoms with van der Waals surface area (Å²) >= 11 is 0. The topological polar surface area (TPSA) is 90.0 Å². The Kier molecular flexibility index (Phi) is 4.51. The molecule has 1 aromatic carbocycles. The number of hydrogen-bond donors (Lipinski definition) is 1. The third-order valence-corrected chi connectivity index (χ3v) is 4.95. The SMILES string of the molecule is CC[C@H](C)NC(=O)Cn1c(=O)cc(-c2nc(C3CC3)no2)c2ccccc21. The molecule has 1 saturated carbocycles. The maximum absolute atomic E-state index is 12.8. The minimum Gasteiger partial charge on any atom is -0.352 e. The quantitative estimate of drug-likeness (QED) is 0.724. The van der Waals surface area contributed by atoms with E-state index in [-0.39, 0.29) is 24.1 Å². The molecule has 1 amide bonds. The molecule has 7 nitrogen and oxygen atoms in total. The molecule has 1 aliphatic rings. The second-order valence-electron chi connectivity index (χ2n) is 7.11. The van der Waals surface area contributed by atoms with Crippen molar-refractivity contribution < 1.29 is 9.32 Å². The molecule has 3 aromatic rings. The lowest BCUT2D eigenvalue weighted by molar-refractivity contribution is -0.122. The van der Waals surface area contributed by atoms with E-state index in [1.165, 1.54) is 10.6 Å². The number of para-hydroxylation sites is 1. The second kappa shape index (κ2) is 6.98. The highest BCUT2D eigenvalue weighted by molar-refractivity contribution is 5.93. The lowest BCUT2D eigenvalue weighted by atomic mass is 10.1. The monoisotopic (exact) mass is 366 g/mol. The second-order valence-corrected chi connectivity index (χ2v) is 7.11. The van der Waals surface area contributed by atoms with E-state index in [9.17, 15) is 9.59 Å². The molecule has 0 unspecified atom stereocenters. The van der Waals surface area contributed by atoms with Crippen molar-refractivity contribution in [3.8, 4) is 11.5 Å². The van der Waals surface area contributed by atoms with Crippen molar-refractivity contribution in [2.75, 3.05) is 0 Å². The van der Waals surface area contributed by atoms with Gasteiger partial charge in [-0.05, 0) is 32.3 Å². The molecule has 0 saturated heterocycles. The van der Waals surface area contributed by atoms with Gasteiger partial charge in [0.2, 0.25) is 5.91 Å². The van der Waals surface area contributed by atoms with E-state index in [2.05, 4.69) is 15.5 Å². The molecule has 0 spiro atoms. The Hall–Kier alpha value is -2.96. The van der Waals surface area contributed by atoms with Gasteiger partial charge in [-0.15, -0.1) is 0 Å². The molecule has 140 valence electrons. The van der Waals surface area contributed by atoms with Crippen LogP contribution in [0.2, 0.25) is 0 Å². The average molecular weight is 366 g/mol. The fraction of sp³-hybridized carbons (Fsp3) is 0.400. The first-order valence-electron chi connectivity index (χ1n) is 9.32. The van der Waals surface area contributed by atoms with Crippen molar-refractivity contribution in [3.05, 3.63) is 46.5 Å². The van der Waals surface area contributed by atoms with Gasteiger partial charge in [-0.3, -0.25) is 14.2 Å². The van der Waals surface area contributed by atoms with Gasteiger partial charge in [0.05, 0.1) is 11.1 Å². The number of rotatable bonds is 6. The van der Waals surface area contributed by atoms with Crippen molar-refractivity contribution in [2.45, 2.75) is 51.6 Å². The van der Waals surface area contributed by atoms with E-state index in [1.807, 2.05) is 38.1 Å². The summed E-state index contributed by atoms with van der Waals surface area (Å²) in [5.74, 6) is 1.24. The van der Waals surface area contributed by atoms with Crippen molar-refractivity contribution in [1.82, 2.24) is 20.0 Å². The lowest BCUT2D eigenvalue weighted by Gasteiger charge is -2.14. The molecular formula is C20H22N4O3. The molecule has 7 heteroatoms. The first-order chi connectivity index (χ1) is 13.1. The van der Waals surface area contributed by atoms with Crippen molar-refractivity contribution in [2.24, 2.45) is 0 Å². The van der Waals surface area contributed by atoms with Crippen molar-refractivity contribution in [3.63, 3.8) is 0 Å². The van der Waals surface area contributed by atoms with Gasteiger partial charge in [-0.1, -0.05) is 30.3 Å². The number of nitrogens with one attached hydrogen (secondary N) is 1. The summed E-state index contributed by atoms with van der Waals surface area (Å²) in [6.07, 6.45) is 2.99. The first kappa shape index (κ1) is 17.5. The zero-order chi connectivity index (χ0) is 19.0. The third kappa shape index (κ3) is 3.49. The van der Waals surface area contributed by atoms with Crippen LogP contribution in [0.25, 0.3) is 22.4 Å². The van der Waals surface area contributed by atoms with E-state index < -0.39 is 0 Å². The van der Waals surface area contributed by atoms with Crippen molar-refractivity contribution in [1.29, 1.82) is 0 Å². The van der Waals surface area contributed by atoms with Gasteiger partial charge < -0.3 is 9.84 Å². The van der Waals surface area contributed by atoms with Crippen molar-refractivity contribution >= 4 is 16.8 Å². The normalized spacial score (nSPS) is 15.0. The Morgan fingerprint density at radius 2 is 2.15 bits per heavy atom. The summed E-state index contributed by atoms with van der Waals surface area (Å²) in [5, 5.41) is 7.75. The van der Waals surface area contributed by atoms with Crippen LogP contribution in [0.5, 0.6) is 0 Å². The van der Waals surface area contributed by atoms with E-state index >= 15 is 0 Å². The molecule has 1 N–H and O–H groups in total. The number of amides is 1. The Bertz CT molecular complexity index is 1050. The van der Waals surface area contributed by atoms with Gasteiger partial charge in [0.15, 0.2) is 5.82 Å². The highest BCUT2D eigenvalue weighted by atomic mass is 16.5. The summed E-state index contributed by atoms with van der Waals surface area (Å²) in [6.45, 7) is 3.91. The van der Waals surface area contributed by atoms with Crippen LogP contribution >= 0.6 is 0 Å². The summed E-state index contributed by atoms with van der Waals surface area (Å²) in [4.78, 5) is 29.5. The number of carbonyl (C=O) groups excluding carboxylic acids is 1. The highest BCUT2D eigenvalue weighted by Gasteiger charge is 2.29. The van der Waals surface area contributed by atoms with Gasteiger partial charge in [-0.25, -0.2) is 0 Å². The average Bonchev–Trinajstić information content (AvgIpc) is 3.41. The molecule has 1 atom stereocenters. The number of nitrogens with zero attached hydrogens (tertiary/aromatic N) is 3. The largest absolute Gasteiger partial charge is 0.352 e. The molecule has 0 aliphatic heterocycles. The summed E-state index contributed by atoms with van der Waals surface area (Å²) in [7, 11) is 0. The maximum atomic E-state index is 12.8. The molecule has 2 aromatic heterocycles. The molecular weight excluding hydrogens is 344 g/mol. The van der Waals surface area contributed by atoms with Crippen LogP contribution in [0.15, 0.2) is 39.6 Å². The van der Waals surface area contributed by atoms with Crippen LogP contribution in [0.3, 0.4) is 0 Å². The predicted molar refractivity (Wildman–Crippen MR) is 101 cm³/mol. The Morgan fingerprint density at radius 3 is 2.89 bits per heavy atom. The standard InChI is InChI=1S/C20H22N4O3/c1-3-12(2)21-17(25)11-24-16-7-5-4-6-14(16)15(10-18(24)26)20-22-19(23-27-20)13-8-9-13/h4-7,10,12-13H,3,8-9,11H2,1-2H3,(H,21,25)/t12-/m0/s1. The van der Waals surface area contributed by atoms with Crippen LogP contribution in [0, 0.1) is 0 Å². The number of pyridine rings is 1. The maximum Gasteiger partial charge on any atom is 0.258 e. The highest BCUT2D eigenvalue weighted by Crippen LogP contribution is 2.39. The third-order valence-electron chi connectivity index (χ3n) is 4.95. The smallest absolute Gasteiger partial charge is 0.258 e. The molecule has 27 heavy (non-hydrogen) atoms. The van der Waals surface area contributed by atoms with Crippen LogP contribution in [0.4, 0.5) is 0 Å². The number of benzene rings is 1. The summed E-state index contributed by atoms with van der Waals surface area (Å²) < 4.78 is 6.90. The van der Waals surface area contributed by atoms with Gasteiger partial charge in [0.25, 0.3) is 11.4 Å². The summed E-state index contributed by atoms with van der Waals surface area (Å²) in [5.41, 5.74) is 1.01. The molecule has 0 bridgehead atoms. The van der Waals surface area contributed by atoms with E-state index in [0.717, 1.165) is 24.6 Å². The van der Waals surface area contributed by atoms with Crippen LogP contribution in [0.1, 0.15) is 44.9 Å². The number of hydrogen-bond acceptors (Lipinski definition) is 5. The number of aromatic nitrogens is 3. The Morgan fingerprint density at radius 1 is 1.37 bits per heavy atom. The Labute approximate surface area is 156 Å². The minimum absolute atomic E-state index is 0.0267. The van der Waals surface area contributed by atoms with E-state index in [4.69, 9.17) is 4.52 Å². The first-order valence-corrected chi connectivity index (χ1v) is 9.32. The molecule has 2 heterocycles. The van der Waals surface area contributed by atoms with E-state index in [0.29, 0.717) is 28.7 Å². The lowest BCUT2D eigenvalue weighted by Crippen LogP contribution is -2.37. The van der Waals surface area contributed by atoms with Crippen LogP contribution < -0.4 is 10.9 Å². The predicted octanol–water partition coefficient (Wildman–Crippen LogP) is 2.84. The zero-order valence-corrected chi connectivity index (χ0v) is 15.4. The van der Waals surface area contributed by atoms with Gasteiger partial charge in [0.1, 0.15) is 6.54 Å². The van der Waals surface area contributed by atoms with Crippen LogP contribution in [-0.4, -0.2) is 26.7 Å². The van der Waals surface area contributed by atoms with E-state index in [1.54, 1.807) is 0 Å². The molecule has 1 fully saturated rings. The molecule has 4 rings (SSSR count). The zero-order valence-electron chi connectivity index (χ0n) is 15.4. The van der Waals surface area contributed by atoms with Gasteiger partial charge in [-0.2, -0.15) is 4.98 Å². The number of fused-ring (bicyclic) bond motifs is 1. The summed E-state index contributed by atoms with van der Waals surface area (Å²) in [6, 6.07) is 9.00. The van der Waals surface area contributed by atoms with Gasteiger partial charge in [0, 0.05) is 23.4 Å².